The van der Waals surface area contributed by atoms with Crippen molar-refractivity contribution in [2.24, 2.45) is 5.73 Å². The lowest BCUT2D eigenvalue weighted by atomic mass is 10.1. The van der Waals surface area contributed by atoms with Gasteiger partial charge in [0.25, 0.3) is 5.91 Å². The number of aryl methyl sites for hydroxylation is 1. The predicted octanol–water partition coefficient (Wildman–Crippen LogP) is 1.17. The Morgan fingerprint density at radius 2 is 2.04 bits per heavy atom. The molecule has 1 heterocycles. The van der Waals surface area contributed by atoms with Crippen molar-refractivity contribution in [1.29, 1.82) is 5.26 Å². The third kappa shape index (κ3) is 4.57. The standard InChI is InChI=1S/C18H25N5O/c1-2-15-5-3-4-6-17(15)21-14-16(13-20)18(24)23-11-9-22(8-7-19)10-12-23/h3-6,14,21H,2,7-12,19H2,1H3/b16-14-. The predicted molar refractivity (Wildman–Crippen MR) is 95.2 cm³/mol. The lowest BCUT2D eigenvalue weighted by Gasteiger charge is -2.34. The first-order valence-corrected chi connectivity index (χ1v) is 8.36. The molecule has 1 aromatic rings. The first-order valence-electron chi connectivity index (χ1n) is 8.36. The SMILES string of the molecule is CCc1ccccc1N/C=C(/C#N)C(=O)N1CCN(CCN)CC1. The second kappa shape index (κ2) is 9.06. The zero-order chi connectivity index (χ0) is 17.4. The molecule has 2 rings (SSSR count). The van der Waals surface area contributed by atoms with E-state index in [1.54, 1.807) is 4.90 Å². The van der Waals surface area contributed by atoms with Crippen LogP contribution in [0.1, 0.15) is 12.5 Å². The number of piperazine rings is 1. The second-order valence-electron chi connectivity index (χ2n) is 5.75. The topological polar surface area (TPSA) is 85.4 Å². The Morgan fingerprint density at radius 3 is 2.67 bits per heavy atom. The van der Waals surface area contributed by atoms with Gasteiger partial charge in [0.15, 0.2) is 0 Å². The fourth-order valence-electron chi connectivity index (χ4n) is 2.79. The fourth-order valence-corrected chi connectivity index (χ4v) is 2.79. The summed E-state index contributed by atoms with van der Waals surface area (Å²) >= 11 is 0. The first kappa shape index (κ1) is 18.0. The van der Waals surface area contributed by atoms with Crippen molar-refractivity contribution in [3.63, 3.8) is 0 Å². The summed E-state index contributed by atoms with van der Waals surface area (Å²) in [5.74, 6) is -0.216. The highest BCUT2D eigenvalue weighted by Crippen LogP contribution is 2.16. The Labute approximate surface area is 143 Å². The third-order valence-corrected chi connectivity index (χ3v) is 4.23. The fraction of sp³-hybridized carbons (Fsp3) is 0.444. The van der Waals surface area contributed by atoms with Crippen LogP contribution in [0, 0.1) is 11.3 Å². The van der Waals surface area contributed by atoms with Gasteiger partial charge in [0.05, 0.1) is 0 Å². The molecule has 1 saturated heterocycles. The van der Waals surface area contributed by atoms with Crippen molar-refractivity contribution in [1.82, 2.24) is 9.80 Å². The summed E-state index contributed by atoms with van der Waals surface area (Å²) in [6.45, 7) is 6.39. The van der Waals surface area contributed by atoms with E-state index in [9.17, 15) is 10.1 Å². The van der Waals surface area contributed by atoms with E-state index in [0.29, 0.717) is 19.6 Å². The van der Waals surface area contributed by atoms with Crippen LogP contribution in [0.15, 0.2) is 36.0 Å². The number of anilines is 1. The van der Waals surface area contributed by atoms with Crippen LogP contribution < -0.4 is 11.1 Å². The van der Waals surface area contributed by atoms with Gasteiger partial charge >= 0.3 is 0 Å². The van der Waals surface area contributed by atoms with Crippen molar-refractivity contribution in [2.45, 2.75) is 13.3 Å². The molecule has 0 bridgehead atoms. The molecule has 0 spiro atoms. The van der Waals surface area contributed by atoms with Crippen LogP contribution in [-0.2, 0) is 11.2 Å². The van der Waals surface area contributed by atoms with Crippen LogP contribution in [0.4, 0.5) is 5.69 Å². The number of nitriles is 1. The summed E-state index contributed by atoms with van der Waals surface area (Å²) in [7, 11) is 0. The number of carbonyl (C=O) groups is 1. The van der Waals surface area contributed by atoms with Crippen LogP contribution in [0.2, 0.25) is 0 Å². The summed E-state index contributed by atoms with van der Waals surface area (Å²) in [6, 6.07) is 9.90. The third-order valence-electron chi connectivity index (χ3n) is 4.23. The number of nitrogens with one attached hydrogen (secondary N) is 1. The van der Waals surface area contributed by atoms with Gasteiger partial charge in [0.2, 0.25) is 0 Å². The summed E-state index contributed by atoms with van der Waals surface area (Å²) in [6.07, 6.45) is 2.40. The van der Waals surface area contributed by atoms with Crippen LogP contribution in [0.3, 0.4) is 0 Å². The number of hydrogen-bond acceptors (Lipinski definition) is 5. The molecular formula is C18H25N5O. The van der Waals surface area contributed by atoms with Crippen molar-refractivity contribution in [2.75, 3.05) is 44.6 Å². The van der Waals surface area contributed by atoms with Crippen molar-refractivity contribution >= 4 is 11.6 Å². The molecule has 6 heteroatoms. The molecule has 1 aliphatic rings. The monoisotopic (exact) mass is 327 g/mol. The normalized spacial score (nSPS) is 15.9. The summed E-state index contributed by atoms with van der Waals surface area (Å²) in [5, 5.41) is 12.4. The van der Waals surface area contributed by atoms with E-state index in [2.05, 4.69) is 17.1 Å². The maximum absolute atomic E-state index is 12.5. The number of nitrogens with zero attached hydrogens (tertiary/aromatic N) is 3. The Balaban J connectivity index is 2.00. The van der Waals surface area contributed by atoms with Crippen LogP contribution in [0.25, 0.3) is 0 Å². The molecule has 24 heavy (non-hydrogen) atoms. The minimum Gasteiger partial charge on any atom is -0.360 e. The number of rotatable bonds is 6. The molecule has 0 atom stereocenters. The van der Waals surface area contributed by atoms with Gasteiger partial charge in [0.1, 0.15) is 11.6 Å². The molecule has 6 nitrogen and oxygen atoms in total. The van der Waals surface area contributed by atoms with Crippen molar-refractivity contribution in [3.05, 3.63) is 41.6 Å². The van der Waals surface area contributed by atoms with Crippen molar-refractivity contribution in [3.8, 4) is 6.07 Å². The van der Waals surface area contributed by atoms with Gasteiger partial charge < -0.3 is 16.0 Å². The van der Waals surface area contributed by atoms with Gasteiger partial charge in [0, 0.05) is 51.2 Å². The highest BCUT2D eigenvalue weighted by Gasteiger charge is 2.23. The van der Waals surface area contributed by atoms with Gasteiger partial charge in [-0.05, 0) is 18.1 Å². The zero-order valence-electron chi connectivity index (χ0n) is 14.2. The lowest BCUT2D eigenvalue weighted by Crippen LogP contribution is -2.50. The summed E-state index contributed by atoms with van der Waals surface area (Å²) in [4.78, 5) is 16.5. The molecule has 0 unspecified atom stereocenters. The molecule has 0 radical (unpaired) electrons. The minimum absolute atomic E-state index is 0.133. The largest absolute Gasteiger partial charge is 0.360 e. The molecule has 0 saturated carbocycles. The molecule has 3 N–H and O–H groups in total. The maximum Gasteiger partial charge on any atom is 0.266 e. The molecule has 0 aliphatic carbocycles. The van der Waals surface area contributed by atoms with E-state index in [4.69, 9.17) is 5.73 Å². The quantitative estimate of drug-likeness (QED) is 0.605. The van der Waals surface area contributed by atoms with Gasteiger partial charge in [-0.2, -0.15) is 5.26 Å². The van der Waals surface area contributed by atoms with Gasteiger partial charge in [-0.1, -0.05) is 25.1 Å². The molecule has 1 fully saturated rings. The number of nitrogens with two attached hydrogens (primary N) is 1. The average Bonchev–Trinajstić information content (AvgIpc) is 2.63. The number of benzene rings is 1. The van der Waals surface area contributed by atoms with Gasteiger partial charge in [-0.25, -0.2) is 0 Å². The molecule has 1 aromatic carbocycles. The average molecular weight is 327 g/mol. The van der Waals surface area contributed by atoms with E-state index < -0.39 is 0 Å². The first-order chi connectivity index (χ1) is 11.7. The molecular weight excluding hydrogens is 302 g/mol. The number of para-hydroxylation sites is 1. The highest BCUT2D eigenvalue weighted by molar-refractivity contribution is 5.97. The smallest absolute Gasteiger partial charge is 0.266 e. The number of hydrogen-bond donors (Lipinski definition) is 2. The molecule has 0 aromatic heterocycles. The Kier molecular flexibility index (Phi) is 6.79. The zero-order valence-corrected chi connectivity index (χ0v) is 14.2. The molecule has 1 amide bonds. The van der Waals surface area contributed by atoms with E-state index in [0.717, 1.165) is 37.3 Å². The Hall–Kier alpha value is -2.36. The minimum atomic E-state index is -0.216. The number of carbonyl (C=O) groups excluding carboxylic acids is 1. The highest BCUT2D eigenvalue weighted by atomic mass is 16.2. The Morgan fingerprint density at radius 1 is 1.33 bits per heavy atom. The van der Waals surface area contributed by atoms with E-state index in [1.165, 1.54) is 6.20 Å². The second-order valence-corrected chi connectivity index (χ2v) is 5.75. The van der Waals surface area contributed by atoms with Crippen LogP contribution in [0.5, 0.6) is 0 Å². The lowest BCUT2D eigenvalue weighted by molar-refractivity contribution is -0.128. The van der Waals surface area contributed by atoms with Crippen molar-refractivity contribution < 1.29 is 4.79 Å². The van der Waals surface area contributed by atoms with Gasteiger partial charge in [-0.3, -0.25) is 9.69 Å². The molecule has 128 valence electrons. The van der Waals surface area contributed by atoms with E-state index in [1.807, 2.05) is 30.3 Å². The maximum atomic E-state index is 12.5. The Bertz CT molecular complexity index is 627. The number of amides is 1. The molecule has 1 aliphatic heterocycles. The van der Waals surface area contributed by atoms with Crippen LogP contribution in [-0.4, -0.2) is 55.0 Å². The van der Waals surface area contributed by atoms with E-state index >= 15 is 0 Å². The summed E-state index contributed by atoms with van der Waals surface area (Å²) < 4.78 is 0. The van der Waals surface area contributed by atoms with E-state index in [-0.39, 0.29) is 11.5 Å². The summed E-state index contributed by atoms with van der Waals surface area (Å²) in [5.41, 5.74) is 7.76. The van der Waals surface area contributed by atoms with Crippen LogP contribution >= 0.6 is 0 Å². The van der Waals surface area contributed by atoms with Gasteiger partial charge in [-0.15, -0.1) is 0 Å².